The van der Waals surface area contributed by atoms with Gasteiger partial charge in [0.05, 0.1) is 11.0 Å². The van der Waals surface area contributed by atoms with Gasteiger partial charge >= 0.3 is 0 Å². The number of sulfonamides is 1. The summed E-state index contributed by atoms with van der Waals surface area (Å²) in [5.74, 6) is 0.0105. The zero-order valence-corrected chi connectivity index (χ0v) is 13.0. The van der Waals surface area contributed by atoms with E-state index in [0.29, 0.717) is 10.0 Å². The lowest BCUT2D eigenvalue weighted by Crippen LogP contribution is -2.35. The van der Waals surface area contributed by atoms with Gasteiger partial charge in [0.2, 0.25) is 10.0 Å². The first-order valence-corrected chi connectivity index (χ1v) is 7.95. The second-order valence-electron chi connectivity index (χ2n) is 4.57. The van der Waals surface area contributed by atoms with Crippen molar-refractivity contribution >= 4 is 26.0 Å². The van der Waals surface area contributed by atoms with Crippen LogP contribution in [0.3, 0.4) is 0 Å². The van der Waals surface area contributed by atoms with Gasteiger partial charge in [-0.1, -0.05) is 35.8 Å². The number of nitrogens with one attached hydrogen (secondary N) is 1. The van der Waals surface area contributed by atoms with E-state index in [-0.39, 0.29) is 17.4 Å². The fourth-order valence-electron chi connectivity index (χ4n) is 1.37. The molecular weight excluding hydrogens is 318 g/mol. The first-order valence-electron chi connectivity index (χ1n) is 5.68. The lowest BCUT2D eigenvalue weighted by Gasteiger charge is -2.16. The van der Waals surface area contributed by atoms with Crippen molar-refractivity contribution in [1.29, 1.82) is 0 Å². The maximum Gasteiger partial charge on any atom is 0.240 e. The summed E-state index contributed by atoms with van der Waals surface area (Å²) in [5.41, 5.74) is 0.671. The summed E-state index contributed by atoms with van der Waals surface area (Å²) in [7, 11) is -3.58. The highest BCUT2D eigenvalue weighted by Crippen LogP contribution is 2.20. The molecule has 4 nitrogen and oxygen atoms in total. The van der Waals surface area contributed by atoms with Gasteiger partial charge in [-0.25, -0.2) is 13.1 Å². The average Bonchev–Trinajstić information content (AvgIpc) is 2.29. The van der Waals surface area contributed by atoms with Gasteiger partial charge in [-0.15, -0.1) is 0 Å². The summed E-state index contributed by atoms with van der Waals surface area (Å²) in [4.78, 5) is 0.229. The smallest absolute Gasteiger partial charge is 0.240 e. The molecule has 0 heterocycles. The number of rotatable bonds is 5. The molecule has 0 bridgehead atoms. The van der Waals surface area contributed by atoms with E-state index in [0.717, 1.165) is 0 Å². The van der Waals surface area contributed by atoms with E-state index in [4.69, 9.17) is 0 Å². The molecule has 0 amide bonds. The van der Waals surface area contributed by atoms with Crippen LogP contribution in [0.4, 0.5) is 0 Å². The molecule has 1 atom stereocenters. The molecule has 1 unspecified atom stereocenters. The van der Waals surface area contributed by atoms with Gasteiger partial charge in [-0.3, -0.25) is 0 Å². The normalized spacial score (nSPS) is 13.9. The number of hydrogen-bond donors (Lipinski definition) is 2. The van der Waals surface area contributed by atoms with Crippen molar-refractivity contribution in [3.63, 3.8) is 0 Å². The number of aliphatic hydroxyl groups excluding tert-OH is 1. The Labute approximate surface area is 117 Å². The topological polar surface area (TPSA) is 66.4 Å². The second kappa shape index (κ2) is 6.14. The number of aliphatic hydroxyl groups is 1. The minimum atomic E-state index is -3.58. The van der Waals surface area contributed by atoms with E-state index in [2.05, 4.69) is 20.7 Å². The molecule has 0 aliphatic rings. The van der Waals surface area contributed by atoms with Crippen molar-refractivity contribution in [3.05, 3.63) is 28.2 Å². The molecule has 1 aromatic carbocycles. The number of halogens is 1. The number of aryl methyl sites for hydroxylation is 1. The first kappa shape index (κ1) is 15.6. The highest BCUT2D eigenvalue weighted by molar-refractivity contribution is 9.10. The van der Waals surface area contributed by atoms with E-state index in [9.17, 15) is 13.5 Å². The Balaban J connectivity index is 2.90. The third-order valence-electron chi connectivity index (χ3n) is 2.69. The molecule has 0 saturated heterocycles. The van der Waals surface area contributed by atoms with E-state index in [1.54, 1.807) is 25.1 Å². The molecule has 2 N–H and O–H groups in total. The van der Waals surface area contributed by atoms with Gasteiger partial charge in [0, 0.05) is 11.0 Å². The van der Waals surface area contributed by atoms with E-state index in [1.165, 1.54) is 0 Å². The molecule has 0 aliphatic carbocycles. The SMILES string of the molecule is Cc1ccc(Br)cc1S(=O)(=O)NCC(O)C(C)C. The second-order valence-corrected chi connectivity index (χ2v) is 7.22. The quantitative estimate of drug-likeness (QED) is 0.865. The van der Waals surface area contributed by atoms with Crippen LogP contribution in [0.1, 0.15) is 19.4 Å². The number of benzene rings is 1. The van der Waals surface area contributed by atoms with Crippen molar-refractivity contribution in [2.45, 2.75) is 31.8 Å². The summed E-state index contributed by atoms with van der Waals surface area (Å²) >= 11 is 3.25. The lowest BCUT2D eigenvalue weighted by atomic mass is 10.1. The van der Waals surface area contributed by atoms with Gasteiger partial charge in [0.1, 0.15) is 0 Å². The Morgan fingerprint density at radius 1 is 1.39 bits per heavy atom. The van der Waals surface area contributed by atoms with Crippen molar-refractivity contribution in [2.24, 2.45) is 5.92 Å². The molecule has 102 valence electrons. The van der Waals surface area contributed by atoms with E-state index < -0.39 is 16.1 Å². The molecule has 0 aliphatic heterocycles. The van der Waals surface area contributed by atoms with Crippen LogP contribution >= 0.6 is 15.9 Å². The Bertz CT molecular complexity index is 514. The molecule has 0 radical (unpaired) electrons. The zero-order chi connectivity index (χ0) is 13.9. The fourth-order valence-corrected chi connectivity index (χ4v) is 3.20. The molecule has 1 rings (SSSR count). The molecule has 18 heavy (non-hydrogen) atoms. The largest absolute Gasteiger partial charge is 0.391 e. The Morgan fingerprint density at radius 3 is 2.56 bits per heavy atom. The molecule has 0 fully saturated rings. The summed E-state index contributed by atoms with van der Waals surface area (Å²) in [5, 5.41) is 9.62. The molecular formula is C12H18BrNO3S. The number of hydrogen-bond acceptors (Lipinski definition) is 3. The summed E-state index contributed by atoms with van der Waals surface area (Å²) in [6.07, 6.45) is -0.688. The van der Waals surface area contributed by atoms with Crippen molar-refractivity contribution < 1.29 is 13.5 Å². The average molecular weight is 336 g/mol. The van der Waals surface area contributed by atoms with Crippen LogP contribution in [-0.4, -0.2) is 26.2 Å². The third-order valence-corrected chi connectivity index (χ3v) is 4.75. The van der Waals surface area contributed by atoms with Gasteiger partial charge in [0.15, 0.2) is 0 Å². The van der Waals surface area contributed by atoms with Crippen LogP contribution in [0, 0.1) is 12.8 Å². The standard InChI is InChI=1S/C12H18BrNO3S/c1-8(2)11(15)7-14-18(16,17)12-6-10(13)5-4-9(12)3/h4-6,8,11,14-15H,7H2,1-3H3. The van der Waals surface area contributed by atoms with Gasteiger partial charge in [0.25, 0.3) is 0 Å². The van der Waals surface area contributed by atoms with Crippen LogP contribution in [0.15, 0.2) is 27.6 Å². The fraction of sp³-hybridized carbons (Fsp3) is 0.500. The highest BCUT2D eigenvalue weighted by atomic mass is 79.9. The third kappa shape index (κ3) is 4.05. The first-order chi connectivity index (χ1) is 8.24. The summed E-state index contributed by atoms with van der Waals surface area (Å²) in [6.45, 7) is 5.43. The highest BCUT2D eigenvalue weighted by Gasteiger charge is 2.19. The Hall–Kier alpha value is -0.430. The minimum absolute atomic E-state index is 0.0105. The van der Waals surface area contributed by atoms with E-state index in [1.807, 2.05) is 13.8 Å². The molecule has 6 heteroatoms. The Morgan fingerprint density at radius 2 is 2.00 bits per heavy atom. The molecule has 0 saturated carbocycles. The van der Waals surface area contributed by atoms with Gasteiger partial charge in [-0.2, -0.15) is 0 Å². The monoisotopic (exact) mass is 335 g/mol. The molecule has 0 aromatic heterocycles. The van der Waals surface area contributed by atoms with Crippen LogP contribution in [0.5, 0.6) is 0 Å². The minimum Gasteiger partial charge on any atom is -0.391 e. The van der Waals surface area contributed by atoms with Crippen LogP contribution in [0.25, 0.3) is 0 Å². The summed E-state index contributed by atoms with van der Waals surface area (Å²) in [6, 6.07) is 5.08. The molecule has 0 spiro atoms. The zero-order valence-electron chi connectivity index (χ0n) is 10.6. The van der Waals surface area contributed by atoms with Crippen LogP contribution in [0.2, 0.25) is 0 Å². The maximum absolute atomic E-state index is 12.1. The summed E-state index contributed by atoms with van der Waals surface area (Å²) < 4.78 is 27.3. The van der Waals surface area contributed by atoms with Crippen molar-refractivity contribution in [2.75, 3.05) is 6.54 Å². The van der Waals surface area contributed by atoms with Crippen molar-refractivity contribution in [3.8, 4) is 0 Å². The predicted molar refractivity (Wildman–Crippen MR) is 74.9 cm³/mol. The molecule has 1 aromatic rings. The van der Waals surface area contributed by atoms with Gasteiger partial charge < -0.3 is 5.11 Å². The van der Waals surface area contributed by atoms with Gasteiger partial charge in [-0.05, 0) is 30.5 Å². The predicted octanol–water partition coefficient (Wildman–Crippen LogP) is 2.05. The Kier molecular flexibility index (Phi) is 5.33. The van der Waals surface area contributed by atoms with Crippen LogP contribution in [-0.2, 0) is 10.0 Å². The lowest BCUT2D eigenvalue weighted by molar-refractivity contribution is 0.129. The maximum atomic E-state index is 12.1. The van der Waals surface area contributed by atoms with E-state index >= 15 is 0 Å². The van der Waals surface area contributed by atoms with Crippen LogP contribution < -0.4 is 4.72 Å². The van der Waals surface area contributed by atoms with Crippen molar-refractivity contribution in [1.82, 2.24) is 4.72 Å².